The van der Waals surface area contributed by atoms with Crippen molar-refractivity contribution in [2.24, 2.45) is 0 Å². The largest absolute Gasteiger partial charge is 0.462 e. The number of hydrogen-bond acceptors (Lipinski definition) is 9. The number of nitrogens with two attached hydrogens (primary N) is 1. The van der Waals surface area contributed by atoms with Gasteiger partial charge in [-0.2, -0.15) is 5.09 Å². The third kappa shape index (κ3) is 8.11. The molecule has 0 aliphatic heterocycles. The number of carbonyl (C=O) groups is 1. The Balaban J connectivity index is 1.55. The fraction of sp³-hybridized carbons (Fsp3) is 0.400. The first-order chi connectivity index (χ1) is 22.6. The second-order valence-electron chi connectivity index (χ2n) is 11.8. The lowest BCUT2D eigenvalue weighted by Gasteiger charge is -2.27. The maximum Gasteiger partial charge on any atom is 0.459 e. The SMILES string of the molecule is CCCC[C@@H](CO[P@@](=O)(N[C@@H](C)C(=O)OC(C)C)Oc1ccc2ccccc2c1)n1c(COCC)nc2c(N)nc3ccccc3c21. The molecule has 0 spiro atoms. The van der Waals surface area contributed by atoms with E-state index in [1.165, 1.54) is 0 Å². The number of benzene rings is 3. The summed E-state index contributed by atoms with van der Waals surface area (Å²) >= 11 is 0. The molecule has 3 atom stereocenters. The van der Waals surface area contributed by atoms with Crippen molar-refractivity contribution in [3.8, 4) is 5.75 Å². The summed E-state index contributed by atoms with van der Waals surface area (Å²) < 4.78 is 40.3. The van der Waals surface area contributed by atoms with E-state index < -0.39 is 19.8 Å². The van der Waals surface area contributed by atoms with Crippen molar-refractivity contribution in [1.82, 2.24) is 19.6 Å². The van der Waals surface area contributed by atoms with E-state index in [1.807, 2.05) is 61.5 Å². The predicted octanol–water partition coefficient (Wildman–Crippen LogP) is 7.72. The molecule has 3 N–H and O–H groups in total. The summed E-state index contributed by atoms with van der Waals surface area (Å²) in [5.74, 6) is 0.741. The van der Waals surface area contributed by atoms with Crippen LogP contribution >= 0.6 is 7.75 Å². The summed E-state index contributed by atoms with van der Waals surface area (Å²) in [6.07, 6.45) is 2.12. The van der Waals surface area contributed by atoms with E-state index in [-0.39, 0.29) is 25.4 Å². The van der Waals surface area contributed by atoms with Gasteiger partial charge in [0.05, 0.1) is 29.8 Å². The van der Waals surface area contributed by atoms with Crippen LogP contribution in [0.1, 0.15) is 65.7 Å². The molecule has 0 amide bonds. The van der Waals surface area contributed by atoms with Crippen molar-refractivity contribution < 1.29 is 27.9 Å². The summed E-state index contributed by atoms with van der Waals surface area (Å²) in [5.41, 5.74) is 8.55. The van der Waals surface area contributed by atoms with Crippen LogP contribution in [0.4, 0.5) is 5.82 Å². The lowest BCUT2D eigenvalue weighted by molar-refractivity contribution is -0.149. The van der Waals surface area contributed by atoms with Crippen molar-refractivity contribution >= 4 is 52.2 Å². The number of unbranched alkanes of at least 4 members (excludes halogenated alkanes) is 1. The number of imidazole rings is 1. The number of esters is 1. The molecule has 0 aliphatic carbocycles. The minimum Gasteiger partial charge on any atom is -0.462 e. The number of nitrogen functional groups attached to an aromatic ring is 1. The monoisotopic (exact) mass is 661 g/mol. The van der Waals surface area contributed by atoms with Crippen molar-refractivity contribution in [3.05, 3.63) is 72.6 Å². The summed E-state index contributed by atoms with van der Waals surface area (Å²) in [6, 6.07) is 19.7. The summed E-state index contributed by atoms with van der Waals surface area (Å²) in [7, 11) is -4.17. The normalized spacial score (nSPS) is 14.4. The molecule has 0 aliphatic rings. The molecular weight excluding hydrogens is 617 g/mol. The van der Waals surface area contributed by atoms with Crippen LogP contribution in [0.3, 0.4) is 0 Å². The highest BCUT2D eigenvalue weighted by Gasteiger charge is 2.34. The lowest BCUT2D eigenvalue weighted by atomic mass is 10.1. The first kappa shape index (κ1) is 34.3. The van der Waals surface area contributed by atoms with Crippen LogP contribution in [-0.2, 0) is 30.0 Å². The van der Waals surface area contributed by atoms with E-state index in [1.54, 1.807) is 32.9 Å². The Morgan fingerprint density at radius 1 is 1.00 bits per heavy atom. The van der Waals surface area contributed by atoms with Gasteiger partial charge in [-0.25, -0.2) is 14.5 Å². The topological polar surface area (TPSA) is 140 Å². The maximum atomic E-state index is 14.6. The number of rotatable bonds is 16. The van der Waals surface area contributed by atoms with E-state index >= 15 is 0 Å². The maximum absolute atomic E-state index is 14.6. The van der Waals surface area contributed by atoms with E-state index in [0.29, 0.717) is 35.9 Å². The summed E-state index contributed by atoms with van der Waals surface area (Å²) in [5, 5.41) is 5.63. The number of ether oxygens (including phenoxy) is 2. The molecule has 11 nitrogen and oxygen atoms in total. The second kappa shape index (κ2) is 15.3. The van der Waals surface area contributed by atoms with Crippen molar-refractivity contribution in [2.45, 2.75) is 78.7 Å². The van der Waals surface area contributed by atoms with Gasteiger partial charge in [0, 0.05) is 12.0 Å². The molecule has 5 aromatic rings. The van der Waals surface area contributed by atoms with Gasteiger partial charge >= 0.3 is 13.7 Å². The molecule has 47 heavy (non-hydrogen) atoms. The highest BCUT2D eigenvalue weighted by molar-refractivity contribution is 7.52. The smallest absolute Gasteiger partial charge is 0.459 e. The molecular formula is C35H44N5O6P. The Morgan fingerprint density at radius 3 is 2.49 bits per heavy atom. The van der Waals surface area contributed by atoms with Gasteiger partial charge in [-0.05, 0) is 63.1 Å². The molecule has 3 aromatic carbocycles. The van der Waals surface area contributed by atoms with Crippen LogP contribution in [0.25, 0.3) is 32.7 Å². The third-order valence-corrected chi connectivity index (χ3v) is 9.40. The van der Waals surface area contributed by atoms with Crippen molar-refractivity contribution in [2.75, 3.05) is 18.9 Å². The molecule has 0 saturated heterocycles. The van der Waals surface area contributed by atoms with Gasteiger partial charge in [-0.15, -0.1) is 0 Å². The highest BCUT2D eigenvalue weighted by atomic mass is 31.2. The van der Waals surface area contributed by atoms with Crippen LogP contribution in [0.2, 0.25) is 0 Å². The molecule has 0 saturated carbocycles. The van der Waals surface area contributed by atoms with E-state index in [4.69, 9.17) is 29.2 Å². The van der Waals surface area contributed by atoms with Gasteiger partial charge in [0.2, 0.25) is 0 Å². The van der Waals surface area contributed by atoms with Gasteiger partial charge in [0.15, 0.2) is 5.82 Å². The number of anilines is 1. The Morgan fingerprint density at radius 2 is 1.74 bits per heavy atom. The number of aromatic nitrogens is 3. The van der Waals surface area contributed by atoms with Crippen LogP contribution in [0.5, 0.6) is 5.75 Å². The Kier molecular flexibility index (Phi) is 11.1. The molecule has 0 radical (unpaired) electrons. The van der Waals surface area contributed by atoms with Gasteiger partial charge in [-0.1, -0.05) is 68.3 Å². The zero-order valence-electron chi connectivity index (χ0n) is 27.6. The zero-order valence-corrected chi connectivity index (χ0v) is 28.5. The van der Waals surface area contributed by atoms with Crippen molar-refractivity contribution in [3.63, 3.8) is 0 Å². The summed E-state index contributed by atoms with van der Waals surface area (Å²) in [4.78, 5) is 22.3. The van der Waals surface area contributed by atoms with Gasteiger partial charge in [0.1, 0.15) is 29.7 Å². The van der Waals surface area contributed by atoms with Crippen LogP contribution in [0, 0.1) is 0 Å². The standard InChI is InChI=1S/C35H44N5O6P/c1-6-8-15-27(40-31(22-43-7-2)38-32-33(40)29-16-11-12-17-30(29)37-34(32)36)21-44-47(42,39-24(5)35(41)45-23(3)4)46-28-19-18-25-13-9-10-14-26(25)20-28/h9-14,16-20,23-24,27H,6-8,15,21-22H2,1-5H3,(H2,36,37)(H,39,42)/t24-,27-,47-/m0/s1. The molecule has 0 bridgehead atoms. The number of pyridine rings is 1. The van der Waals surface area contributed by atoms with Gasteiger partial charge < -0.3 is 24.3 Å². The van der Waals surface area contributed by atoms with Gasteiger partial charge in [0.25, 0.3) is 0 Å². The number of carbonyl (C=O) groups excluding carboxylic acids is 1. The second-order valence-corrected chi connectivity index (χ2v) is 13.5. The molecule has 5 rings (SSSR count). The number of nitrogens with one attached hydrogen (secondary N) is 1. The fourth-order valence-electron chi connectivity index (χ4n) is 5.55. The number of hydrogen-bond donors (Lipinski definition) is 2. The van der Waals surface area contributed by atoms with Crippen LogP contribution in [-0.4, -0.2) is 45.9 Å². The van der Waals surface area contributed by atoms with Crippen LogP contribution in [0.15, 0.2) is 66.7 Å². The molecule has 2 heterocycles. The Hall–Kier alpha value is -4.02. The van der Waals surface area contributed by atoms with Crippen LogP contribution < -0.4 is 15.3 Å². The quantitative estimate of drug-likeness (QED) is 0.0798. The first-order valence-electron chi connectivity index (χ1n) is 16.2. The Labute approximate surface area is 275 Å². The minimum atomic E-state index is -4.17. The number of nitrogens with zero attached hydrogens (tertiary/aromatic N) is 3. The van der Waals surface area contributed by atoms with Crippen molar-refractivity contribution in [1.29, 1.82) is 0 Å². The predicted molar refractivity (Wildman–Crippen MR) is 185 cm³/mol. The first-order valence-corrected chi connectivity index (χ1v) is 17.7. The zero-order chi connectivity index (χ0) is 33.6. The summed E-state index contributed by atoms with van der Waals surface area (Å²) in [6.45, 7) is 9.83. The molecule has 0 fully saturated rings. The molecule has 0 unspecified atom stereocenters. The van der Waals surface area contributed by atoms with E-state index in [0.717, 1.165) is 40.0 Å². The highest BCUT2D eigenvalue weighted by Crippen LogP contribution is 2.47. The molecule has 2 aromatic heterocycles. The third-order valence-electron chi connectivity index (χ3n) is 7.76. The number of para-hydroxylation sites is 1. The average Bonchev–Trinajstić information content (AvgIpc) is 3.43. The lowest BCUT2D eigenvalue weighted by Crippen LogP contribution is -2.36. The average molecular weight is 662 g/mol. The van der Waals surface area contributed by atoms with E-state index in [2.05, 4.69) is 21.6 Å². The molecule has 250 valence electrons. The fourth-order valence-corrected chi connectivity index (χ4v) is 7.06. The van der Waals surface area contributed by atoms with E-state index in [9.17, 15) is 9.36 Å². The molecule has 12 heteroatoms. The number of fused-ring (bicyclic) bond motifs is 4. The van der Waals surface area contributed by atoms with Gasteiger partial charge in [-0.3, -0.25) is 9.32 Å². The Bertz CT molecular complexity index is 1890. The minimum absolute atomic E-state index is 0.0229.